The van der Waals surface area contributed by atoms with Crippen molar-refractivity contribution in [2.24, 2.45) is 0 Å². The smallest absolute Gasteiger partial charge is 0.429 e. The van der Waals surface area contributed by atoms with E-state index in [2.05, 4.69) is 0 Å². The Kier molecular flexibility index (Phi) is 9.34. The Morgan fingerprint density at radius 3 is 1.95 bits per heavy atom. The number of aliphatic hydroxyl groups is 1. The molecule has 1 N–H and O–H groups in total. The molecule has 5 nitrogen and oxygen atoms in total. The second kappa shape index (κ2) is 12.1. The minimum absolute atomic E-state index is 0.0726. The van der Waals surface area contributed by atoms with Crippen molar-refractivity contribution in [2.45, 2.75) is 32.6 Å². The van der Waals surface area contributed by atoms with Crippen molar-refractivity contribution in [3.05, 3.63) is 84.4 Å². The van der Waals surface area contributed by atoms with Crippen LogP contribution in [0.15, 0.2) is 93.5 Å². The summed E-state index contributed by atoms with van der Waals surface area (Å²) in [5.41, 5.74) is -4.73. The highest BCUT2D eigenvalue weighted by Crippen LogP contribution is 2.43. The van der Waals surface area contributed by atoms with E-state index in [1.54, 1.807) is 24.3 Å². The summed E-state index contributed by atoms with van der Waals surface area (Å²) in [5, 5.41) is 9.31. The van der Waals surface area contributed by atoms with Crippen molar-refractivity contribution in [1.82, 2.24) is 0 Å². The maximum absolute atomic E-state index is 12.9. The van der Waals surface area contributed by atoms with Crippen molar-refractivity contribution in [3.8, 4) is 5.75 Å². The fraction of sp³-hybridized carbons (Fsp3) is 0.269. The summed E-state index contributed by atoms with van der Waals surface area (Å²) < 4.78 is 92.4. The highest BCUT2D eigenvalue weighted by atomic mass is 32.2. The Morgan fingerprint density at radius 1 is 0.789 bits per heavy atom. The van der Waals surface area contributed by atoms with Gasteiger partial charge in [-0.2, -0.15) is 26.3 Å². The predicted molar refractivity (Wildman–Crippen MR) is 126 cm³/mol. The highest BCUT2D eigenvalue weighted by molar-refractivity contribution is 7.97. The molecule has 0 spiro atoms. The average molecular weight is 562 g/mol. The lowest BCUT2D eigenvalue weighted by Gasteiger charge is -2.31. The number of rotatable bonds is 10. The molecule has 0 saturated heterocycles. The summed E-state index contributed by atoms with van der Waals surface area (Å²) in [4.78, 5) is 14.6. The standard InChI is InChI=1S/C26H23F6O5S/c1-35-14-15-36-23(33)18-6-5-9-22(16-18)38(20-7-3-2-4-8-20)21-12-10-19(11-13-21)37-17-24(34,25(27,28)29)26(30,31)32/h2-13,16,34H,14-15,17H2,1H3/q+1. The summed E-state index contributed by atoms with van der Waals surface area (Å²) in [7, 11) is 0.672. The van der Waals surface area contributed by atoms with Gasteiger partial charge < -0.3 is 19.3 Å². The molecule has 1 unspecified atom stereocenters. The predicted octanol–water partition coefficient (Wildman–Crippen LogP) is 5.82. The lowest BCUT2D eigenvalue weighted by Crippen LogP contribution is -2.60. The first-order chi connectivity index (χ1) is 17.9. The summed E-state index contributed by atoms with van der Waals surface area (Å²) in [6, 6.07) is 21.3. The van der Waals surface area contributed by atoms with E-state index >= 15 is 0 Å². The molecule has 3 aromatic carbocycles. The zero-order chi connectivity index (χ0) is 28.0. The monoisotopic (exact) mass is 561 g/mol. The number of hydrogen-bond acceptors (Lipinski definition) is 5. The molecule has 0 aromatic heterocycles. The van der Waals surface area contributed by atoms with Gasteiger partial charge in [0.25, 0.3) is 5.60 Å². The number of benzene rings is 3. The Hall–Kier alpha value is -3.22. The molecule has 12 heteroatoms. The van der Waals surface area contributed by atoms with Crippen LogP contribution in [0.1, 0.15) is 10.4 Å². The van der Waals surface area contributed by atoms with Gasteiger partial charge in [-0.1, -0.05) is 24.3 Å². The molecule has 0 heterocycles. The van der Waals surface area contributed by atoms with Crippen molar-refractivity contribution in [1.29, 1.82) is 0 Å². The van der Waals surface area contributed by atoms with Crippen molar-refractivity contribution < 1.29 is 50.5 Å². The van der Waals surface area contributed by atoms with E-state index in [0.29, 0.717) is 10.5 Å². The lowest BCUT2D eigenvalue weighted by atomic mass is 10.0. The van der Waals surface area contributed by atoms with Gasteiger partial charge in [-0.25, -0.2) is 4.79 Å². The fourth-order valence-electron chi connectivity index (χ4n) is 3.20. The van der Waals surface area contributed by atoms with Gasteiger partial charge >= 0.3 is 18.3 Å². The summed E-state index contributed by atoms with van der Waals surface area (Å²) in [6.45, 7) is -1.75. The third kappa shape index (κ3) is 6.80. The molecule has 0 amide bonds. The van der Waals surface area contributed by atoms with Gasteiger partial charge in [0.2, 0.25) is 0 Å². The molecule has 204 valence electrons. The Bertz CT molecular complexity index is 1190. The molecule has 0 bridgehead atoms. The molecule has 1 atom stereocenters. The molecule has 3 aromatic rings. The van der Waals surface area contributed by atoms with Crippen LogP contribution in [0.25, 0.3) is 0 Å². The van der Waals surface area contributed by atoms with E-state index in [1.807, 2.05) is 30.3 Å². The van der Waals surface area contributed by atoms with Crippen molar-refractivity contribution in [3.63, 3.8) is 0 Å². The topological polar surface area (TPSA) is 65.0 Å². The highest BCUT2D eigenvalue weighted by Gasteiger charge is 2.71. The van der Waals surface area contributed by atoms with E-state index in [-0.39, 0.29) is 19.0 Å². The molecule has 0 radical (unpaired) electrons. The van der Waals surface area contributed by atoms with E-state index in [4.69, 9.17) is 14.2 Å². The van der Waals surface area contributed by atoms with Crippen LogP contribution >= 0.6 is 0 Å². The quantitative estimate of drug-likeness (QED) is 0.146. The van der Waals surface area contributed by atoms with Gasteiger partial charge in [-0.15, -0.1) is 0 Å². The van der Waals surface area contributed by atoms with Crippen LogP contribution < -0.4 is 4.74 Å². The van der Waals surface area contributed by atoms with Crippen LogP contribution in [-0.4, -0.2) is 56.0 Å². The molecule has 3 rings (SSSR count). The Balaban J connectivity index is 1.89. The van der Waals surface area contributed by atoms with Gasteiger partial charge in [0, 0.05) is 13.2 Å². The SMILES string of the molecule is COCCOC(=O)c1cccc([S+](c2ccccc2)c2ccc(OCC(O)(C(F)(F)F)C(F)(F)F)cc2)c1. The van der Waals surface area contributed by atoms with Crippen LogP contribution in [0, 0.1) is 0 Å². The molecule has 0 fully saturated rings. The third-order valence-electron chi connectivity index (χ3n) is 5.25. The first-order valence-corrected chi connectivity index (χ1v) is 12.2. The third-order valence-corrected chi connectivity index (χ3v) is 7.46. The van der Waals surface area contributed by atoms with Gasteiger partial charge in [0.15, 0.2) is 14.7 Å². The Morgan fingerprint density at radius 2 is 1.37 bits per heavy atom. The van der Waals surface area contributed by atoms with Gasteiger partial charge in [0.05, 0.1) is 23.1 Å². The minimum atomic E-state index is -5.99. The van der Waals surface area contributed by atoms with E-state index in [0.717, 1.165) is 9.79 Å². The van der Waals surface area contributed by atoms with E-state index < -0.39 is 41.4 Å². The van der Waals surface area contributed by atoms with Gasteiger partial charge in [-0.3, -0.25) is 0 Å². The van der Waals surface area contributed by atoms with Gasteiger partial charge in [0.1, 0.15) is 19.0 Å². The number of carbonyl (C=O) groups excluding carboxylic acids is 1. The first-order valence-electron chi connectivity index (χ1n) is 11.0. The number of hydrogen-bond donors (Lipinski definition) is 1. The second-order valence-corrected chi connectivity index (χ2v) is 9.92. The molecule has 0 aliphatic carbocycles. The van der Waals surface area contributed by atoms with Crippen LogP contribution in [0.3, 0.4) is 0 Å². The molecular weight excluding hydrogens is 538 g/mol. The van der Waals surface area contributed by atoms with Crippen LogP contribution in [-0.2, 0) is 20.4 Å². The zero-order valence-corrected chi connectivity index (χ0v) is 20.7. The molecule has 0 aliphatic rings. The number of carbonyl (C=O) groups is 1. The maximum atomic E-state index is 12.9. The van der Waals surface area contributed by atoms with Crippen LogP contribution in [0.2, 0.25) is 0 Å². The van der Waals surface area contributed by atoms with E-state index in [9.17, 15) is 36.2 Å². The largest absolute Gasteiger partial charge is 0.490 e. The summed E-state index contributed by atoms with van der Waals surface area (Å²) >= 11 is 0. The van der Waals surface area contributed by atoms with E-state index in [1.165, 1.54) is 31.4 Å². The van der Waals surface area contributed by atoms with Crippen LogP contribution in [0.5, 0.6) is 5.75 Å². The first kappa shape index (κ1) is 29.3. The fourth-order valence-corrected chi connectivity index (χ4v) is 5.31. The van der Waals surface area contributed by atoms with Crippen LogP contribution in [0.4, 0.5) is 26.3 Å². The summed E-state index contributed by atoms with van der Waals surface area (Å²) in [5.74, 6) is -0.848. The lowest BCUT2D eigenvalue weighted by molar-refractivity contribution is -0.373. The number of methoxy groups -OCH3 is 1. The summed E-state index contributed by atoms with van der Waals surface area (Å²) in [6.07, 6.45) is -12.0. The minimum Gasteiger partial charge on any atom is -0.490 e. The number of esters is 1. The zero-order valence-electron chi connectivity index (χ0n) is 19.9. The molecule has 0 saturated carbocycles. The molecule has 38 heavy (non-hydrogen) atoms. The van der Waals surface area contributed by atoms with Gasteiger partial charge in [-0.05, 0) is 48.5 Å². The van der Waals surface area contributed by atoms with Crippen molar-refractivity contribution in [2.75, 3.05) is 26.9 Å². The van der Waals surface area contributed by atoms with Crippen molar-refractivity contribution >= 4 is 16.9 Å². The average Bonchev–Trinajstić information content (AvgIpc) is 2.88. The molecule has 0 aliphatic heterocycles. The molecular formula is C26H23F6O5S+. The second-order valence-electron chi connectivity index (χ2n) is 7.89. The number of halogens is 6. The number of alkyl halides is 6. The maximum Gasteiger partial charge on any atom is 0.429 e. The number of ether oxygens (including phenoxy) is 3. The normalized spacial score (nSPS) is 13.2. The Labute approximate surface area is 217 Å².